The molecule has 7 nitrogen and oxygen atoms in total. The summed E-state index contributed by atoms with van der Waals surface area (Å²) in [5, 5.41) is 11.4. The molecular formula is C13H17N5O2. The summed E-state index contributed by atoms with van der Waals surface area (Å²) in [5.74, 6) is 0.981. The van der Waals surface area contributed by atoms with Crippen LogP contribution in [0.3, 0.4) is 0 Å². The molecule has 1 aliphatic heterocycles. The second kappa shape index (κ2) is 5.46. The molecule has 2 aromatic rings. The molecule has 1 aliphatic rings. The minimum Gasteiger partial charge on any atom is -0.468 e. The van der Waals surface area contributed by atoms with Gasteiger partial charge in [-0.3, -0.25) is 4.79 Å². The molecule has 0 bridgehead atoms. The van der Waals surface area contributed by atoms with Gasteiger partial charge in [-0.2, -0.15) is 0 Å². The van der Waals surface area contributed by atoms with E-state index in [9.17, 15) is 4.79 Å². The zero-order chi connectivity index (χ0) is 13.9. The molecule has 0 aromatic carbocycles. The second-order valence-electron chi connectivity index (χ2n) is 4.94. The van der Waals surface area contributed by atoms with Crippen molar-refractivity contribution in [3.8, 4) is 0 Å². The Hall–Kier alpha value is -2.15. The minimum atomic E-state index is -0.202. The van der Waals surface area contributed by atoms with E-state index in [4.69, 9.17) is 4.42 Å². The molecule has 3 rings (SSSR count). The van der Waals surface area contributed by atoms with E-state index in [1.54, 1.807) is 15.8 Å². The average molecular weight is 275 g/mol. The number of carbonyl (C=O) groups is 1. The number of likely N-dealkylation sites (N-methyl/N-ethyl adjacent to an activating group) is 1. The first kappa shape index (κ1) is 12.9. The second-order valence-corrected chi connectivity index (χ2v) is 4.94. The van der Waals surface area contributed by atoms with E-state index in [0.29, 0.717) is 13.1 Å². The Bertz CT molecular complexity index is 577. The van der Waals surface area contributed by atoms with Crippen LogP contribution < -0.4 is 5.32 Å². The monoisotopic (exact) mass is 275 g/mol. The highest BCUT2D eigenvalue weighted by Gasteiger charge is 2.31. The standard InChI is InChI=1S/C13H17N5O2/c1-17-5-4-12(13(17)19)18-9-10(15-16-18)7-14-8-11-3-2-6-20-11/h2-3,6,9,12,14H,4-5,7-8H2,1H3. The fourth-order valence-electron chi connectivity index (χ4n) is 2.32. The van der Waals surface area contributed by atoms with Crippen LogP contribution in [0.4, 0.5) is 0 Å². The molecule has 0 aliphatic carbocycles. The zero-order valence-electron chi connectivity index (χ0n) is 11.3. The number of likely N-dealkylation sites (tertiary alicyclic amines) is 1. The SMILES string of the molecule is CN1CCC(n2cc(CNCc3ccco3)nn2)C1=O. The molecule has 1 unspecified atom stereocenters. The van der Waals surface area contributed by atoms with Gasteiger partial charge in [0.15, 0.2) is 0 Å². The topological polar surface area (TPSA) is 76.2 Å². The average Bonchev–Trinajstić information content (AvgIpc) is 3.15. The lowest BCUT2D eigenvalue weighted by molar-refractivity contribution is -0.129. The van der Waals surface area contributed by atoms with Gasteiger partial charge in [-0.05, 0) is 18.6 Å². The van der Waals surface area contributed by atoms with Gasteiger partial charge in [0.05, 0.1) is 24.7 Å². The van der Waals surface area contributed by atoms with Crippen LogP contribution in [-0.4, -0.2) is 39.4 Å². The molecule has 7 heteroatoms. The van der Waals surface area contributed by atoms with Gasteiger partial charge in [-0.15, -0.1) is 5.10 Å². The summed E-state index contributed by atoms with van der Waals surface area (Å²) in [5.41, 5.74) is 0.818. The van der Waals surface area contributed by atoms with Crippen LogP contribution in [0.15, 0.2) is 29.0 Å². The van der Waals surface area contributed by atoms with Gasteiger partial charge in [0.25, 0.3) is 0 Å². The van der Waals surface area contributed by atoms with Crippen molar-refractivity contribution < 1.29 is 9.21 Å². The van der Waals surface area contributed by atoms with Crippen molar-refractivity contribution in [2.75, 3.05) is 13.6 Å². The van der Waals surface area contributed by atoms with Crippen molar-refractivity contribution in [2.45, 2.75) is 25.6 Å². The molecule has 1 atom stereocenters. The first-order chi connectivity index (χ1) is 9.74. The van der Waals surface area contributed by atoms with Crippen LogP contribution in [-0.2, 0) is 17.9 Å². The first-order valence-corrected chi connectivity index (χ1v) is 6.63. The maximum absolute atomic E-state index is 11.9. The number of hydrogen-bond donors (Lipinski definition) is 1. The largest absolute Gasteiger partial charge is 0.468 e. The Balaban J connectivity index is 1.55. The Labute approximate surface area is 116 Å². The third-order valence-corrected chi connectivity index (χ3v) is 3.46. The molecule has 1 amide bonds. The molecule has 0 spiro atoms. The van der Waals surface area contributed by atoms with Crippen LogP contribution in [0.2, 0.25) is 0 Å². The maximum atomic E-state index is 11.9. The number of nitrogens with zero attached hydrogens (tertiary/aromatic N) is 4. The van der Waals surface area contributed by atoms with Crippen LogP contribution in [0.5, 0.6) is 0 Å². The summed E-state index contributed by atoms with van der Waals surface area (Å²) >= 11 is 0. The smallest absolute Gasteiger partial charge is 0.247 e. The molecule has 0 radical (unpaired) electrons. The lowest BCUT2D eigenvalue weighted by Crippen LogP contribution is -2.24. The fraction of sp³-hybridized carbons (Fsp3) is 0.462. The molecule has 0 saturated carbocycles. The van der Waals surface area contributed by atoms with E-state index >= 15 is 0 Å². The fourth-order valence-corrected chi connectivity index (χ4v) is 2.32. The summed E-state index contributed by atoms with van der Waals surface area (Å²) in [4.78, 5) is 13.6. The van der Waals surface area contributed by atoms with E-state index in [1.165, 1.54) is 0 Å². The van der Waals surface area contributed by atoms with Crippen molar-refractivity contribution in [3.63, 3.8) is 0 Å². The highest BCUT2D eigenvalue weighted by molar-refractivity contribution is 5.82. The van der Waals surface area contributed by atoms with Crippen molar-refractivity contribution >= 4 is 5.91 Å². The first-order valence-electron chi connectivity index (χ1n) is 6.63. The summed E-state index contributed by atoms with van der Waals surface area (Å²) in [6, 6.07) is 3.57. The van der Waals surface area contributed by atoms with Crippen LogP contribution in [0.25, 0.3) is 0 Å². The highest BCUT2D eigenvalue weighted by Crippen LogP contribution is 2.20. The number of aromatic nitrogens is 3. The normalized spacial score (nSPS) is 18.9. The van der Waals surface area contributed by atoms with Gasteiger partial charge in [0, 0.05) is 20.1 Å². The number of nitrogens with one attached hydrogen (secondary N) is 1. The Morgan fingerprint density at radius 3 is 3.10 bits per heavy atom. The van der Waals surface area contributed by atoms with E-state index in [-0.39, 0.29) is 11.9 Å². The lowest BCUT2D eigenvalue weighted by Gasteiger charge is -2.09. The molecule has 106 valence electrons. The summed E-state index contributed by atoms with van der Waals surface area (Å²) in [7, 11) is 1.81. The van der Waals surface area contributed by atoms with Gasteiger partial charge >= 0.3 is 0 Å². The van der Waals surface area contributed by atoms with Crippen LogP contribution in [0.1, 0.15) is 23.9 Å². The maximum Gasteiger partial charge on any atom is 0.247 e. The van der Waals surface area contributed by atoms with Gasteiger partial charge in [0.2, 0.25) is 5.91 Å². The number of furan rings is 1. The van der Waals surface area contributed by atoms with Crippen molar-refractivity contribution in [2.24, 2.45) is 0 Å². The molecular weight excluding hydrogens is 258 g/mol. The van der Waals surface area contributed by atoms with Crippen LogP contribution >= 0.6 is 0 Å². The molecule has 3 heterocycles. The molecule has 20 heavy (non-hydrogen) atoms. The lowest BCUT2D eigenvalue weighted by atomic mass is 10.2. The van der Waals surface area contributed by atoms with Crippen molar-refractivity contribution in [1.29, 1.82) is 0 Å². The molecule has 2 aromatic heterocycles. The summed E-state index contributed by atoms with van der Waals surface area (Å²) < 4.78 is 6.89. The Morgan fingerprint density at radius 1 is 1.50 bits per heavy atom. The van der Waals surface area contributed by atoms with Crippen molar-refractivity contribution in [1.82, 2.24) is 25.2 Å². The van der Waals surface area contributed by atoms with Crippen molar-refractivity contribution in [3.05, 3.63) is 36.0 Å². The Kier molecular flexibility index (Phi) is 3.51. The number of rotatable bonds is 5. The molecule has 1 saturated heterocycles. The third kappa shape index (κ3) is 2.57. The van der Waals surface area contributed by atoms with E-state index in [2.05, 4.69) is 15.6 Å². The van der Waals surface area contributed by atoms with Crippen LogP contribution in [0, 0.1) is 0 Å². The van der Waals surface area contributed by atoms with E-state index in [1.807, 2.05) is 25.4 Å². The van der Waals surface area contributed by atoms with E-state index in [0.717, 1.165) is 24.4 Å². The quantitative estimate of drug-likeness (QED) is 0.863. The van der Waals surface area contributed by atoms with Gasteiger partial charge in [-0.1, -0.05) is 5.21 Å². The molecule has 1 fully saturated rings. The highest BCUT2D eigenvalue weighted by atomic mass is 16.3. The summed E-state index contributed by atoms with van der Waals surface area (Å²) in [6.45, 7) is 2.01. The summed E-state index contributed by atoms with van der Waals surface area (Å²) in [6.07, 6.45) is 4.27. The van der Waals surface area contributed by atoms with E-state index < -0.39 is 0 Å². The van der Waals surface area contributed by atoms with Gasteiger partial charge in [-0.25, -0.2) is 4.68 Å². The molecule has 1 N–H and O–H groups in total. The van der Waals surface area contributed by atoms with Gasteiger partial charge in [0.1, 0.15) is 11.8 Å². The number of carbonyl (C=O) groups excluding carboxylic acids is 1. The Morgan fingerprint density at radius 2 is 2.40 bits per heavy atom. The zero-order valence-corrected chi connectivity index (χ0v) is 11.3. The number of hydrogen-bond acceptors (Lipinski definition) is 5. The predicted molar refractivity (Wildman–Crippen MR) is 70.6 cm³/mol. The minimum absolute atomic E-state index is 0.102. The third-order valence-electron chi connectivity index (χ3n) is 3.46. The predicted octanol–water partition coefficient (Wildman–Crippen LogP) is 0.564. The van der Waals surface area contributed by atoms with Gasteiger partial charge < -0.3 is 14.6 Å². The number of amides is 1.